The van der Waals surface area contributed by atoms with Crippen molar-refractivity contribution in [1.29, 1.82) is 0 Å². The molecule has 0 bridgehead atoms. The van der Waals surface area contributed by atoms with Crippen LogP contribution in [0.15, 0.2) is 5.11 Å². The van der Waals surface area contributed by atoms with Gasteiger partial charge in [-0.15, -0.1) is 0 Å². The van der Waals surface area contributed by atoms with Crippen LogP contribution in [0.4, 0.5) is 0 Å². The average Bonchev–Trinajstić information content (AvgIpc) is 2.52. The zero-order chi connectivity index (χ0) is 9.68. The molecular weight excluding hydrogens is 168 g/mol. The fourth-order valence-corrected chi connectivity index (χ4v) is 1.71. The van der Waals surface area contributed by atoms with Gasteiger partial charge in [-0.2, -0.15) is 0 Å². The quantitative estimate of drug-likeness (QED) is 0.376. The highest BCUT2D eigenvalue weighted by atomic mass is 16.5. The lowest BCUT2D eigenvalue weighted by Gasteiger charge is -2.25. The highest BCUT2D eigenvalue weighted by Crippen LogP contribution is 2.17. The number of likely N-dealkylation sites (N-methyl/N-ethyl adjacent to an activating group) is 1. The molecule has 0 spiro atoms. The number of azide groups is 1. The Balaban J connectivity index is 2.29. The van der Waals surface area contributed by atoms with E-state index < -0.39 is 0 Å². The van der Waals surface area contributed by atoms with E-state index in [1.54, 1.807) is 0 Å². The third kappa shape index (κ3) is 2.88. The van der Waals surface area contributed by atoms with Crippen molar-refractivity contribution in [2.75, 3.05) is 26.7 Å². The molecule has 0 aromatic carbocycles. The predicted octanol–water partition coefficient (Wildman–Crippen LogP) is 1.41. The molecule has 1 fully saturated rings. The van der Waals surface area contributed by atoms with E-state index in [4.69, 9.17) is 10.3 Å². The first-order valence-electron chi connectivity index (χ1n) is 4.58. The van der Waals surface area contributed by atoms with E-state index >= 15 is 0 Å². The lowest BCUT2D eigenvalue weighted by molar-refractivity contribution is 0.0847. The van der Waals surface area contributed by atoms with Crippen LogP contribution in [0, 0.1) is 0 Å². The van der Waals surface area contributed by atoms with Crippen molar-refractivity contribution in [3.8, 4) is 0 Å². The highest BCUT2D eigenvalue weighted by molar-refractivity contribution is 4.80. The lowest BCUT2D eigenvalue weighted by atomic mass is 10.1. The molecule has 1 rings (SSSR count). The van der Waals surface area contributed by atoms with E-state index in [1.807, 2.05) is 7.05 Å². The van der Waals surface area contributed by atoms with Crippen LogP contribution in [-0.4, -0.2) is 43.8 Å². The van der Waals surface area contributed by atoms with E-state index in [2.05, 4.69) is 21.8 Å². The minimum Gasteiger partial charge on any atom is -0.377 e. The van der Waals surface area contributed by atoms with Gasteiger partial charge in [-0.1, -0.05) is 5.11 Å². The maximum atomic E-state index is 8.11. The summed E-state index contributed by atoms with van der Waals surface area (Å²) < 4.78 is 5.45. The predicted molar refractivity (Wildman–Crippen MR) is 50.5 cm³/mol. The molecule has 0 aliphatic carbocycles. The van der Waals surface area contributed by atoms with Gasteiger partial charge in [-0.25, -0.2) is 0 Å². The van der Waals surface area contributed by atoms with Crippen LogP contribution in [0.2, 0.25) is 0 Å². The second kappa shape index (κ2) is 5.07. The van der Waals surface area contributed by atoms with Crippen LogP contribution < -0.4 is 0 Å². The van der Waals surface area contributed by atoms with E-state index in [9.17, 15) is 0 Å². The molecule has 1 aliphatic rings. The van der Waals surface area contributed by atoms with Gasteiger partial charge in [0.15, 0.2) is 0 Å². The highest BCUT2D eigenvalue weighted by Gasteiger charge is 2.27. The van der Waals surface area contributed by atoms with E-state index in [0.29, 0.717) is 18.7 Å². The molecule has 0 N–H and O–H groups in total. The molecule has 74 valence electrons. The Morgan fingerprint density at radius 3 is 3.00 bits per heavy atom. The van der Waals surface area contributed by atoms with Crippen molar-refractivity contribution in [3.05, 3.63) is 10.4 Å². The van der Waals surface area contributed by atoms with Crippen LogP contribution in [0.5, 0.6) is 0 Å². The molecular formula is C8H16N4O. The molecule has 5 nitrogen and oxygen atoms in total. The summed E-state index contributed by atoms with van der Waals surface area (Å²) in [5, 5.41) is 3.51. The average molecular weight is 184 g/mol. The van der Waals surface area contributed by atoms with Crippen LogP contribution >= 0.6 is 0 Å². The van der Waals surface area contributed by atoms with Gasteiger partial charge in [0, 0.05) is 30.6 Å². The fraction of sp³-hybridized carbons (Fsp3) is 1.00. The number of nitrogens with zero attached hydrogens (tertiary/aromatic N) is 4. The monoisotopic (exact) mass is 184 g/mol. The van der Waals surface area contributed by atoms with Crippen molar-refractivity contribution in [2.24, 2.45) is 5.11 Å². The van der Waals surface area contributed by atoms with Crippen LogP contribution in [-0.2, 0) is 4.74 Å². The van der Waals surface area contributed by atoms with Gasteiger partial charge in [-0.3, -0.25) is 0 Å². The Labute approximate surface area is 78.3 Å². The first-order chi connectivity index (χ1) is 6.25. The van der Waals surface area contributed by atoms with Crippen molar-refractivity contribution < 1.29 is 4.74 Å². The first-order valence-corrected chi connectivity index (χ1v) is 4.58. The molecule has 0 amide bonds. The number of hydrogen-bond donors (Lipinski definition) is 0. The van der Waals surface area contributed by atoms with Gasteiger partial charge < -0.3 is 9.64 Å². The largest absolute Gasteiger partial charge is 0.377 e. The molecule has 1 saturated heterocycles. The van der Waals surface area contributed by atoms with Crippen LogP contribution in [0.3, 0.4) is 0 Å². The molecule has 1 aliphatic heterocycles. The topological polar surface area (TPSA) is 61.2 Å². The SMILES string of the molecule is CC1OCCC1N(C)CCN=[N+]=[N-]. The summed E-state index contributed by atoms with van der Waals surface area (Å²) >= 11 is 0. The standard InChI is InChI=1S/C8H16N4O/c1-7-8(3-6-13-7)12(2)5-4-10-11-9/h7-8H,3-6H2,1-2H3. The van der Waals surface area contributed by atoms with Crippen molar-refractivity contribution >= 4 is 0 Å². The van der Waals surface area contributed by atoms with Crippen LogP contribution in [0.25, 0.3) is 10.4 Å². The molecule has 13 heavy (non-hydrogen) atoms. The lowest BCUT2D eigenvalue weighted by Crippen LogP contribution is -2.38. The normalized spacial score (nSPS) is 27.6. The molecule has 0 saturated carbocycles. The smallest absolute Gasteiger partial charge is 0.0702 e. The number of hydrogen-bond acceptors (Lipinski definition) is 3. The fourth-order valence-electron chi connectivity index (χ4n) is 1.71. The van der Waals surface area contributed by atoms with Crippen molar-refractivity contribution in [1.82, 2.24) is 4.90 Å². The summed E-state index contributed by atoms with van der Waals surface area (Å²) in [6.45, 7) is 4.28. The number of ether oxygens (including phenoxy) is 1. The summed E-state index contributed by atoms with van der Waals surface area (Å²) in [6, 6.07) is 0.480. The third-order valence-electron chi connectivity index (χ3n) is 2.52. The Morgan fingerprint density at radius 2 is 2.46 bits per heavy atom. The van der Waals surface area contributed by atoms with Crippen molar-refractivity contribution in [2.45, 2.75) is 25.5 Å². The molecule has 0 aromatic heterocycles. The molecule has 1 heterocycles. The maximum absolute atomic E-state index is 8.11. The van der Waals surface area contributed by atoms with Gasteiger partial charge in [0.25, 0.3) is 0 Å². The summed E-state index contributed by atoms with van der Waals surface area (Å²) in [5.41, 5.74) is 8.11. The molecule has 0 aromatic rings. The molecule has 5 heteroatoms. The van der Waals surface area contributed by atoms with Gasteiger partial charge in [0.2, 0.25) is 0 Å². The van der Waals surface area contributed by atoms with E-state index in [0.717, 1.165) is 19.6 Å². The van der Waals surface area contributed by atoms with E-state index in [1.165, 1.54) is 0 Å². The summed E-state index contributed by atoms with van der Waals surface area (Å²) in [7, 11) is 2.04. The van der Waals surface area contributed by atoms with Gasteiger partial charge in [0.05, 0.1) is 6.10 Å². The summed E-state index contributed by atoms with van der Waals surface area (Å²) in [6.07, 6.45) is 1.38. The van der Waals surface area contributed by atoms with Gasteiger partial charge in [-0.05, 0) is 25.9 Å². The summed E-state index contributed by atoms with van der Waals surface area (Å²) in [5.74, 6) is 0. The third-order valence-corrected chi connectivity index (χ3v) is 2.52. The number of rotatable bonds is 4. The molecule has 0 radical (unpaired) electrons. The van der Waals surface area contributed by atoms with Crippen molar-refractivity contribution in [3.63, 3.8) is 0 Å². The maximum Gasteiger partial charge on any atom is 0.0702 e. The second-order valence-electron chi connectivity index (χ2n) is 3.37. The Bertz CT molecular complexity index is 202. The minimum atomic E-state index is 0.302. The van der Waals surface area contributed by atoms with E-state index in [-0.39, 0.29) is 0 Å². The molecule has 2 atom stereocenters. The van der Waals surface area contributed by atoms with Gasteiger partial charge >= 0.3 is 0 Å². The zero-order valence-electron chi connectivity index (χ0n) is 8.18. The summed E-state index contributed by atoms with van der Waals surface area (Å²) in [4.78, 5) is 4.92. The Kier molecular flexibility index (Phi) is 4.02. The minimum absolute atomic E-state index is 0.302. The van der Waals surface area contributed by atoms with Gasteiger partial charge in [0.1, 0.15) is 0 Å². The zero-order valence-corrected chi connectivity index (χ0v) is 8.18. The Hall–Kier alpha value is -0.770. The Morgan fingerprint density at radius 1 is 1.69 bits per heavy atom. The van der Waals surface area contributed by atoms with Crippen LogP contribution in [0.1, 0.15) is 13.3 Å². The molecule has 2 unspecified atom stereocenters. The first kappa shape index (κ1) is 10.3. The second-order valence-corrected chi connectivity index (χ2v) is 3.37.